The van der Waals surface area contributed by atoms with Gasteiger partial charge in [0.25, 0.3) is 0 Å². The van der Waals surface area contributed by atoms with Crippen LogP contribution in [0.4, 0.5) is 0 Å². The molecule has 0 fully saturated rings. The summed E-state index contributed by atoms with van der Waals surface area (Å²) in [6.07, 6.45) is 4.14. The Hall–Kier alpha value is -2.49. The number of nitrogens with zero attached hydrogens (tertiary/aromatic N) is 2. The molecule has 1 aromatic carbocycles. The summed E-state index contributed by atoms with van der Waals surface area (Å²) >= 11 is 0. The van der Waals surface area contributed by atoms with Gasteiger partial charge >= 0.3 is 5.63 Å². The summed E-state index contributed by atoms with van der Waals surface area (Å²) in [4.78, 5) is 20.5. The smallest absolute Gasteiger partial charge is 0.347 e. The third-order valence-corrected chi connectivity index (χ3v) is 3.43. The van der Waals surface area contributed by atoms with Crippen molar-refractivity contribution in [3.63, 3.8) is 0 Å². The highest BCUT2D eigenvalue weighted by Gasteiger charge is 2.15. The number of aryl methyl sites for hydroxylation is 2. The van der Waals surface area contributed by atoms with E-state index in [1.54, 1.807) is 18.5 Å². The average Bonchev–Trinajstić information content (AvgIpc) is 2.47. The van der Waals surface area contributed by atoms with Crippen LogP contribution < -0.4 is 5.63 Å². The van der Waals surface area contributed by atoms with E-state index in [9.17, 15) is 4.79 Å². The van der Waals surface area contributed by atoms with Gasteiger partial charge in [-0.2, -0.15) is 0 Å². The molecule has 0 spiro atoms. The molecule has 3 aromatic rings. The lowest BCUT2D eigenvalue weighted by Gasteiger charge is -2.07. The zero-order valence-corrected chi connectivity index (χ0v) is 11.4. The van der Waals surface area contributed by atoms with Crippen molar-refractivity contribution in [3.05, 3.63) is 58.2 Å². The minimum absolute atomic E-state index is 0.394. The lowest BCUT2D eigenvalue weighted by Crippen LogP contribution is -2.08. The first-order valence-corrected chi connectivity index (χ1v) is 6.54. The minimum atomic E-state index is -0.394. The molecule has 0 saturated heterocycles. The Balaban J connectivity index is 2.33. The molecule has 0 radical (unpaired) electrons. The molecule has 0 aliphatic heterocycles. The zero-order chi connectivity index (χ0) is 14.1. The van der Waals surface area contributed by atoms with E-state index in [0.717, 1.165) is 22.9 Å². The highest BCUT2D eigenvalue weighted by Crippen LogP contribution is 2.25. The van der Waals surface area contributed by atoms with Crippen LogP contribution in [0.1, 0.15) is 18.1 Å². The van der Waals surface area contributed by atoms with Crippen molar-refractivity contribution in [2.75, 3.05) is 0 Å². The predicted octanol–water partition coefficient (Wildman–Crippen LogP) is 3.12. The molecule has 2 aromatic heterocycles. The average molecular weight is 266 g/mol. The summed E-state index contributed by atoms with van der Waals surface area (Å²) in [7, 11) is 0. The van der Waals surface area contributed by atoms with Crippen molar-refractivity contribution in [2.45, 2.75) is 20.3 Å². The number of hydrogen-bond acceptors (Lipinski definition) is 4. The number of fused-ring (bicyclic) bond motifs is 1. The van der Waals surface area contributed by atoms with Gasteiger partial charge in [-0.15, -0.1) is 0 Å². The molecule has 0 amide bonds. The third kappa shape index (κ3) is 1.99. The molecular weight excluding hydrogens is 252 g/mol. The van der Waals surface area contributed by atoms with Gasteiger partial charge in [-0.05, 0) is 36.6 Å². The molecular formula is C16H14N2O2. The number of rotatable bonds is 2. The number of hydrogen-bond donors (Lipinski definition) is 0. The van der Waals surface area contributed by atoms with Crippen molar-refractivity contribution >= 4 is 11.0 Å². The SMILES string of the molecule is CCc1ccc2c(C)c(-c3ncccn3)c(=O)oc2c1. The highest BCUT2D eigenvalue weighted by atomic mass is 16.4. The van der Waals surface area contributed by atoms with Gasteiger partial charge < -0.3 is 4.42 Å². The second-order valence-electron chi connectivity index (χ2n) is 4.65. The van der Waals surface area contributed by atoms with E-state index in [-0.39, 0.29) is 0 Å². The van der Waals surface area contributed by atoms with Gasteiger partial charge in [0.05, 0.1) is 0 Å². The minimum Gasteiger partial charge on any atom is -0.422 e. The molecule has 0 atom stereocenters. The largest absolute Gasteiger partial charge is 0.422 e. The van der Waals surface area contributed by atoms with Crippen LogP contribution in [0.5, 0.6) is 0 Å². The fourth-order valence-corrected chi connectivity index (χ4v) is 2.31. The van der Waals surface area contributed by atoms with Crippen molar-refractivity contribution in [1.82, 2.24) is 9.97 Å². The van der Waals surface area contributed by atoms with Crippen molar-refractivity contribution < 1.29 is 4.42 Å². The summed E-state index contributed by atoms with van der Waals surface area (Å²) < 4.78 is 5.43. The predicted molar refractivity (Wildman–Crippen MR) is 77.6 cm³/mol. The van der Waals surface area contributed by atoms with Crippen molar-refractivity contribution in [2.24, 2.45) is 0 Å². The first kappa shape index (κ1) is 12.5. The molecule has 0 aliphatic carbocycles. The van der Waals surface area contributed by atoms with Gasteiger partial charge in [0, 0.05) is 17.8 Å². The Morgan fingerprint density at radius 1 is 1.20 bits per heavy atom. The zero-order valence-electron chi connectivity index (χ0n) is 11.4. The molecule has 4 nitrogen and oxygen atoms in total. The number of benzene rings is 1. The lowest BCUT2D eigenvalue weighted by molar-refractivity contribution is 0.561. The second kappa shape index (κ2) is 4.89. The second-order valence-corrected chi connectivity index (χ2v) is 4.65. The van der Waals surface area contributed by atoms with E-state index in [1.165, 1.54) is 0 Å². The van der Waals surface area contributed by atoms with E-state index < -0.39 is 5.63 Å². The van der Waals surface area contributed by atoms with E-state index >= 15 is 0 Å². The fourth-order valence-electron chi connectivity index (χ4n) is 2.31. The summed E-state index contributed by atoms with van der Waals surface area (Å²) in [5.41, 5.74) is 2.65. The lowest BCUT2D eigenvalue weighted by atomic mass is 10.0. The van der Waals surface area contributed by atoms with Crippen LogP contribution in [0.3, 0.4) is 0 Å². The fraction of sp³-hybridized carbons (Fsp3) is 0.188. The van der Waals surface area contributed by atoms with Gasteiger partial charge in [0.15, 0.2) is 5.82 Å². The standard InChI is InChI=1S/C16H14N2O2/c1-3-11-5-6-12-10(2)14(15-17-7-4-8-18-15)16(19)20-13(12)9-11/h4-9H,3H2,1-2H3. The maximum Gasteiger partial charge on any atom is 0.347 e. The maximum absolute atomic E-state index is 12.2. The van der Waals surface area contributed by atoms with Crippen LogP contribution in [0, 0.1) is 6.92 Å². The van der Waals surface area contributed by atoms with Crippen LogP contribution in [-0.4, -0.2) is 9.97 Å². The Labute approximate surface area is 116 Å². The van der Waals surface area contributed by atoms with Crippen LogP contribution >= 0.6 is 0 Å². The molecule has 4 heteroatoms. The van der Waals surface area contributed by atoms with E-state index in [1.807, 2.05) is 25.1 Å². The highest BCUT2D eigenvalue weighted by molar-refractivity contribution is 5.85. The maximum atomic E-state index is 12.2. The van der Waals surface area contributed by atoms with Crippen LogP contribution in [-0.2, 0) is 6.42 Å². The Morgan fingerprint density at radius 3 is 2.65 bits per heavy atom. The van der Waals surface area contributed by atoms with Gasteiger partial charge in [0.1, 0.15) is 11.1 Å². The van der Waals surface area contributed by atoms with Gasteiger partial charge in [-0.25, -0.2) is 14.8 Å². The first-order valence-electron chi connectivity index (χ1n) is 6.54. The van der Waals surface area contributed by atoms with Crippen LogP contribution in [0.25, 0.3) is 22.4 Å². The van der Waals surface area contributed by atoms with E-state index in [0.29, 0.717) is 17.0 Å². The third-order valence-electron chi connectivity index (χ3n) is 3.43. The van der Waals surface area contributed by atoms with Gasteiger partial charge in [-0.1, -0.05) is 19.1 Å². The topological polar surface area (TPSA) is 56.0 Å². The summed E-state index contributed by atoms with van der Waals surface area (Å²) in [6.45, 7) is 3.97. The summed E-state index contributed by atoms with van der Waals surface area (Å²) in [6, 6.07) is 7.66. The molecule has 0 saturated carbocycles. The Kier molecular flexibility index (Phi) is 3.06. The Morgan fingerprint density at radius 2 is 1.95 bits per heavy atom. The van der Waals surface area contributed by atoms with E-state index in [4.69, 9.17) is 4.42 Å². The molecule has 2 heterocycles. The molecule has 20 heavy (non-hydrogen) atoms. The normalized spacial score (nSPS) is 10.9. The molecule has 0 N–H and O–H groups in total. The molecule has 0 aliphatic rings. The summed E-state index contributed by atoms with van der Waals surface area (Å²) in [5.74, 6) is 0.403. The molecule has 3 rings (SSSR count). The molecule has 100 valence electrons. The monoisotopic (exact) mass is 266 g/mol. The quantitative estimate of drug-likeness (QED) is 0.669. The van der Waals surface area contributed by atoms with Crippen molar-refractivity contribution in [3.8, 4) is 11.4 Å². The number of aromatic nitrogens is 2. The molecule has 0 unspecified atom stereocenters. The van der Waals surface area contributed by atoms with Crippen LogP contribution in [0.2, 0.25) is 0 Å². The molecule has 0 bridgehead atoms. The van der Waals surface area contributed by atoms with Crippen LogP contribution in [0.15, 0.2) is 45.9 Å². The van der Waals surface area contributed by atoms with Gasteiger partial charge in [-0.3, -0.25) is 0 Å². The van der Waals surface area contributed by atoms with Gasteiger partial charge in [0.2, 0.25) is 0 Å². The van der Waals surface area contributed by atoms with Crippen molar-refractivity contribution in [1.29, 1.82) is 0 Å². The Bertz CT molecular complexity index is 823. The summed E-state index contributed by atoms with van der Waals surface area (Å²) in [5, 5.41) is 0.921. The van der Waals surface area contributed by atoms with E-state index in [2.05, 4.69) is 16.9 Å². The first-order chi connectivity index (χ1) is 9.70.